The highest BCUT2D eigenvalue weighted by Gasteiger charge is 2.13. The largest absolute Gasteiger partial charge is 0.465 e. The van der Waals surface area contributed by atoms with Crippen molar-refractivity contribution >= 4 is 29.7 Å². The molecule has 0 spiro atoms. The Labute approximate surface area is 151 Å². The molecule has 0 aliphatic heterocycles. The van der Waals surface area contributed by atoms with Crippen LogP contribution < -0.4 is 10.7 Å². The van der Waals surface area contributed by atoms with Crippen molar-refractivity contribution in [1.29, 1.82) is 0 Å². The van der Waals surface area contributed by atoms with E-state index in [4.69, 9.17) is 0 Å². The Bertz CT molecular complexity index is 858. The second-order valence-corrected chi connectivity index (χ2v) is 5.57. The topological polar surface area (TPSA) is 96.9 Å². The first-order valence-electron chi connectivity index (χ1n) is 7.80. The molecule has 134 valence electrons. The molecule has 2 aromatic rings. The number of rotatable bonds is 4. The quantitative estimate of drug-likeness (QED) is 0.381. The predicted molar refractivity (Wildman–Crippen MR) is 98.1 cm³/mol. The summed E-state index contributed by atoms with van der Waals surface area (Å²) >= 11 is 0. The van der Waals surface area contributed by atoms with Gasteiger partial charge in [0.15, 0.2) is 0 Å². The average Bonchev–Trinajstić information content (AvgIpc) is 2.64. The minimum Gasteiger partial charge on any atom is -0.465 e. The number of aryl methyl sites for hydroxylation is 2. The third-order valence-electron chi connectivity index (χ3n) is 3.68. The van der Waals surface area contributed by atoms with Crippen LogP contribution in [0.2, 0.25) is 0 Å². The van der Waals surface area contributed by atoms with Crippen LogP contribution >= 0.6 is 0 Å². The monoisotopic (exact) mass is 353 g/mol. The minimum atomic E-state index is -0.884. The number of benzene rings is 2. The van der Waals surface area contributed by atoms with Crippen molar-refractivity contribution < 1.29 is 19.1 Å². The van der Waals surface area contributed by atoms with Gasteiger partial charge in [-0.05, 0) is 54.8 Å². The molecule has 26 heavy (non-hydrogen) atoms. The maximum Gasteiger partial charge on any atom is 0.337 e. The third-order valence-corrected chi connectivity index (χ3v) is 3.68. The molecule has 0 radical (unpaired) electrons. The lowest BCUT2D eigenvalue weighted by Gasteiger charge is -2.06. The molecule has 0 saturated heterocycles. The summed E-state index contributed by atoms with van der Waals surface area (Å²) in [5, 5.41) is 6.24. The molecule has 7 nitrogen and oxygen atoms in total. The highest BCUT2D eigenvalue weighted by molar-refractivity contribution is 6.39. The zero-order valence-corrected chi connectivity index (χ0v) is 14.7. The number of carbonyl (C=O) groups excluding carboxylic acids is 3. The fourth-order valence-corrected chi connectivity index (χ4v) is 2.05. The standard InChI is InChI=1S/C19H19N3O4/c1-12-4-9-16(10-13(12)2)21-17(23)18(24)22-20-11-14-5-7-15(8-6-14)19(25)26-3/h4-11H,1-3H3,(H,21,23)(H,22,24). The molecule has 2 rings (SSSR count). The van der Waals surface area contributed by atoms with E-state index in [9.17, 15) is 14.4 Å². The summed E-state index contributed by atoms with van der Waals surface area (Å²) in [5.74, 6) is -2.14. The predicted octanol–water partition coefficient (Wildman–Crippen LogP) is 2.18. The summed E-state index contributed by atoms with van der Waals surface area (Å²) in [6, 6.07) is 11.8. The molecule has 2 aromatic carbocycles. The van der Waals surface area contributed by atoms with Crippen LogP contribution in [0.1, 0.15) is 27.0 Å². The van der Waals surface area contributed by atoms with E-state index in [-0.39, 0.29) is 0 Å². The van der Waals surface area contributed by atoms with Gasteiger partial charge in [0.1, 0.15) is 0 Å². The van der Waals surface area contributed by atoms with Gasteiger partial charge in [-0.1, -0.05) is 18.2 Å². The molecule has 0 aromatic heterocycles. The van der Waals surface area contributed by atoms with Crippen LogP contribution in [0.3, 0.4) is 0 Å². The summed E-state index contributed by atoms with van der Waals surface area (Å²) in [5.41, 5.74) is 5.84. The number of nitrogens with one attached hydrogen (secondary N) is 2. The molecule has 0 saturated carbocycles. The Morgan fingerprint density at radius 3 is 2.27 bits per heavy atom. The summed E-state index contributed by atoms with van der Waals surface area (Å²) in [6.07, 6.45) is 1.36. The van der Waals surface area contributed by atoms with Gasteiger partial charge in [-0.15, -0.1) is 0 Å². The van der Waals surface area contributed by atoms with Crippen molar-refractivity contribution in [2.75, 3.05) is 12.4 Å². The van der Waals surface area contributed by atoms with Gasteiger partial charge in [0.25, 0.3) is 0 Å². The molecule has 0 unspecified atom stereocenters. The second-order valence-electron chi connectivity index (χ2n) is 5.57. The van der Waals surface area contributed by atoms with Gasteiger partial charge < -0.3 is 10.1 Å². The number of anilines is 1. The number of amides is 2. The van der Waals surface area contributed by atoms with Gasteiger partial charge in [0.05, 0.1) is 18.9 Å². The van der Waals surface area contributed by atoms with Crippen LogP contribution in [0.4, 0.5) is 5.69 Å². The Balaban J connectivity index is 1.90. The zero-order valence-electron chi connectivity index (χ0n) is 14.7. The molecule has 0 bridgehead atoms. The minimum absolute atomic E-state index is 0.404. The molecule has 7 heteroatoms. The van der Waals surface area contributed by atoms with E-state index < -0.39 is 17.8 Å². The number of methoxy groups -OCH3 is 1. The number of nitrogens with zero attached hydrogens (tertiary/aromatic N) is 1. The number of ether oxygens (including phenoxy) is 1. The lowest BCUT2D eigenvalue weighted by molar-refractivity contribution is -0.136. The summed E-state index contributed by atoms with van der Waals surface area (Å²) in [6.45, 7) is 3.88. The van der Waals surface area contributed by atoms with Gasteiger partial charge in [0.2, 0.25) is 0 Å². The van der Waals surface area contributed by atoms with Crippen molar-refractivity contribution in [2.24, 2.45) is 5.10 Å². The van der Waals surface area contributed by atoms with Crippen LogP contribution in [0.15, 0.2) is 47.6 Å². The highest BCUT2D eigenvalue weighted by atomic mass is 16.5. The Hall–Kier alpha value is -3.48. The van der Waals surface area contributed by atoms with Crippen LogP contribution in [0, 0.1) is 13.8 Å². The van der Waals surface area contributed by atoms with Gasteiger partial charge in [-0.2, -0.15) is 5.10 Å². The number of hydrogen-bond donors (Lipinski definition) is 2. The van der Waals surface area contributed by atoms with E-state index >= 15 is 0 Å². The van der Waals surface area contributed by atoms with Gasteiger partial charge in [0, 0.05) is 5.69 Å². The summed E-state index contributed by atoms with van der Waals surface area (Å²) in [4.78, 5) is 35.0. The first-order valence-corrected chi connectivity index (χ1v) is 7.80. The van der Waals surface area contributed by atoms with Crippen LogP contribution in [0.5, 0.6) is 0 Å². The normalized spacial score (nSPS) is 10.4. The van der Waals surface area contributed by atoms with E-state index in [2.05, 4.69) is 20.6 Å². The van der Waals surface area contributed by atoms with Crippen molar-refractivity contribution in [3.8, 4) is 0 Å². The molecule has 2 amide bonds. The molecular formula is C19H19N3O4. The van der Waals surface area contributed by atoms with E-state index in [1.165, 1.54) is 13.3 Å². The third kappa shape index (κ3) is 5.01. The Morgan fingerprint density at radius 1 is 0.962 bits per heavy atom. The molecule has 0 fully saturated rings. The molecule has 0 aliphatic carbocycles. The van der Waals surface area contributed by atoms with Gasteiger partial charge in [-0.3, -0.25) is 9.59 Å². The van der Waals surface area contributed by atoms with Crippen LogP contribution in [0.25, 0.3) is 0 Å². The summed E-state index contributed by atoms with van der Waals surface area (Å²) in [7, 11) is 1.30. The fraction of sp³-hybridized carbons (Fsp3) is 0.158. The van der Waals surface area contributed by atoms with Gasteiger partial charge in [-0.25, -0.2) is 10.2 Å². The number of hydrogen-bond acceptors (Lipinski definition) is 5. The SMILES string of the molecule is COC(=O)c1ccc(C=NNC(=O)C(=O)Nc2ccc(C)c(C)c2)cc1. The van der Waals surface area contributed by atoms with E-state index in [0.717, 1.165) is 11.1 Å². The Morgan fingerprint density at radius 2 is 1.65 bits per heavy atom. The molecule has 0 atom stereocenters. The number of hydrazone groups is 1. The molecule has 0 heterocycles. The van der Waals surface area contributed by atoms with Crippen molar-refractivity contribution in [1.82, 2.24) is 5.43 Å². The van der Waals surface area contributed by atoms with Crippen molar-refractivity contribution in [2.45, 2.75) is 13.8 Å². The smallest absolute Gasteiger partial charge is 0.337 e. The summed E-state index contributed by atoms with van der Waals surface area (Å²) < 4.78 is 4.60. The van der Waals surface area contributed by atoms with E-state index in [1.54, 1.807) is 36.4 Å². The average molecular weight is 353 g/mol. The lowest BCUT2D eigenvalue weighted by atomic mass is 10.1. The van der Waals surface area contributed by atoms with Crippen LogP contribution in [-0.4, -0.2) is 31.1 Å². The van der Waals surface area contributed by atoms with Crippen molar-refractivity contribution in [3.05, 3.63) is 64.7 Å². The first-order chi connectivity index (χ1) is 12.4. The maximum absolute atomic E-state index is 11.9. The van der Waals surface area contributed by atoms with E-state index in [1.807, 2.05) is 19.9 Å². The van der Waals surface area contributed by atoms with Crippen molar-refractivity contribution in [3.63, 3.8) is 0 Å². The Kier molecular flexibility index (Phi) is 6.21. The lowest BCUT2D eigenvalue weighted by Crippen LogP contribution is -2.32. The van der Waals surface area contributed by atoms with Crippen LogP contribution in [-0.2, 0) is 14.3 Å². The first kappa shape index (κ1) is 18.9. The maximum atomic E-state index is 11.9. The van der Waals surface area contributed by atoms with E-state index in [0.29, 0.717) is 16.8 Å². The number of esters is 1. The molecule has 2 N–H and O–H groups in total. The number of carbonyl (C=O) groups is 3. The highest BCUT2D eigenvalue weighted by Crippen LogP contribution is 2.13. The zero-order chi connectivity index (χ0) is 19.1. The fourth-order valence-electron chi connectivity index (χ4n) is 2.05. The second kappa shape index (κ2) is 8.57. The molecular weight excluding hydrogens is 334 g/mol. The molecule has 0 aliphatic rings. The van der Waals surface area contributed by atoms with Gasteiger partial charge >= 0.3 is 17.8 Å².